The third kappa shape index (κ3) is 3.69. The van der Waals surface area contributed by atoms with Crippen LogP contribution in [0, 0.1) is 5.92 Å². The summed E-state index contributed by atoms with van der Waals surface area (Å²) < 4.78 is 0. The van der Waals surface area contributed by atoms with E-state index in [4.69, 9.17) is 10.9 Å². The van der Waals surface area contributed by atoms with Crippen LogP contribution in [0.15, 0.2) is 24.3 Å². The summed E-state index contributed by atoms with van der Waals surface area (Å²) in [7, 11) is 0. The van der Waals surface area contributed by atoms with Gasteiger partial charge in [0.15, 0.2) is 0 Å². The number of carbonyl (C=O) groups is 1. The molecule has 0 spiro atoms. The van der Waals surface area contributed by atoms with Crippen LogP contribution in [0.3, 0.4) is 0 Å². The molecule has 4 heteroatoms. The highest BCUT2D eigenvalue weighted by atomic mass is 16.4. The molecule has 1 atom stereocenters. The van der Waals surface area contributed by atoms with E-state index in [1.807, 2.05) is 24.3 Å². The maximum Gasteiger partial charge on any atom is 0.306 e. The quantitative estimate of drug-likeness (QED) is 0.496. The minimum absolute atomic E-state index is 0.344. The smallest absolute Gasteiger partial charge is 0.306 e. The Balaban J connectivity index is 2.60. The van der Waals surface area contributed by atoms with Crippen LogP contribution in [0.2, 0.25) is 0 Å². The van der Waals surface area contributed by atoms with E-state index in [0.29, 0.717) is 13.0 Å². The van der Waals surface area contributed by atoms with Gasteiger partial charge in [-0.05, 0) is 17.5 Å². The number of hydrogen-bond donors (Lipinski definition) is 3. The minimum Gasteiger partial charge on any atom is -0.481 e. The summed E-state index contributed by atoms with van der Waals surface area (Å²) in [5, 5.41) is 8.76. The van der Waals surface area contributed by atoms with Crippen molar-refractivity contribution < 1.29 is 9.90 Å². The van der Waals surface area contributed by atoms with Crippen molar-refractivity contribution in [3.63, 3.8) is 0 Å². The number of rotatable bonds is 5. The van der Waals surface area contributed by atoms with Crippen LogP contribution in [0.25, 0.3) is 0 Å². The second kappa shape index (κ2) is 5.48. The molecule has 4 nitrogen and oxygen atoms in total. The predicted molar refractivity (Wildman–Crippen MR) is 58.0 cm³/mol. The Labute approximate surface area is 89.1 Å². The van der Waals surface area contributed by atoms with Crippen LogP contribution < -0.4 is 11.3 Å². The monoisotopic (exact) mass is 208 g/mol. The lowest BCUT2D eigenvalue weighted by atomic mass is 10.0. The Hall–Kier alpha value is -1.39. The van der Waals surface area contributed by atoms with Crippen molar-refractivity contribution in [3.05, 3.63) is 35.4 Å². The molecule has 0 aromatic heterocycles. The first-order chi connectivity index (χ1) is 7.13. The van der Waals surface area contributed by atoms with E-state index in [1.165, 1.54) is 0 Å². The molecule has 0 fully saturated rings. The molecule has 0 heterocycles. The minimum atomic E-state index is -0.761. The first-order valence-corrected chi connectivity index (χ1v) is 4.87. The van der Waals surface area contributed by atoms with E-state index in [1.54, 1.807) is 6.92 Å². The van der Waals surface area contributed by atoms with Crippen molar-refractivity contribution in [3.8, 4) is 0 Å². The molecule has 0 aliphatic heterocycles. The molecule has 0 bridgehead atoms. The zero-order chi connectivity index (χ0) is 11.3. The Morgan fingerprint density at radius 3 is 2.40 bits per heavy atom. The van der Waals surface area contributed by atoms with Crippen molar-refractivity contribution in [1.29, 1.82) is 0 Å². The van der Waals surface area contributed by atoms with E-state index in [2.05, 4.69) is 5.43 Å². The number of aliphatic carboxylic acids is 1. The van der Waals surface area contributed by atoms with Gasteiger partial charge in [-0.2, -0.15) is 0 Å². The number of hydrogen-bond acceptors (Lipinski definition) is 3. The van der Waals surface area contributed by atoms with Gasteiger partial charge >= 0.3 is 5.97 Å². The molecule has 15 heavy (non-hydrogen) atoms. The Kier molecular flexibility index (Phi) is 4.27. The number of hydrazine groups is 1. The second-order valence-corrected chi connectivity index (χ2v) is 3.64. The van der Waals surface area contributed by atoms with Crippen LogP contribution >= 0.6 is 0 Å². The van der Waals surface area contributed by atoms with Gasteiger partial charge in [-0.15, -0.1) is 0 Å². The van der Waals surface area contributed by atoms with Gasteiger partial charge in [0, 0.05) is 6.54 Å². The second-order valence-electron chi connectivity index (χ2n) is 3.64. The van der Waals surface area contributed by atoms with Gasteiger partial charge < -0.3 is 5.11 Å². The van der Waals surface area contributed by atoms with Crippen molar-refractivity contribution in [2.75, 3.05) is 0 Å². The van der Waals surface area contributed by atoms with E-state index in [0.717, 1.165) is 11.1 Å². The standard InChI is InChI=1S/C11H16N2O2/c1-8(11(14)15)6-9-2-4-10(5-3-9)7-13-12/h2-5,8,13H,6-7,12H2,1H3,(H,14,15). The summed E-state index contributed by atoms with van der Waals surface area (Å²) in [5.74, 6) is 4.09. The third-order valence-electron chi connectivity index (χ3n) is 2.29. The first kappa shape index (κ1) is 11.7. The predicted octanol–water partition coefficient (Wildman–Crippen LogP) is 0.913. The molecule has 1 aromatic rings. The molecular weight excluding hydrogens is 192 g/mol. The van der Waals surface area contributed by atoms with Crippen molar-refractivity contribution in [2.45, 2.75) is 19.9 Å². The fourth-order valence-electron chi connectivity index (χ4n) is 1.35. The number of carboxylic acid groups (broad SMARTS) is 1. The Bertz CT molecular complexity index is 322. The van der Waals surface area contributed by atoms with Crippen molar-refractivity contribution in [1.82, 2.24) is 5.43 Å². The molecule has 1 unspecified atom stereocenters. The topological polar surface area (TPSA) is 75.3 Å². The molecule has 1 aromatic carbocycles. The Morgan fingerprint density at radius 2 is 1.93 bits per heavy atom. The molecule has 0 saturated heterocycles. The first-order valence-electron chi connectivity index (χ1n) is 4.87. The fraction of sp³-hybridized carbons (Fsp3) is 0.364. The summed E-state index contributed by atoms with van der Waals surface area (Å²) in [6.45, 7) is 2.33. The number of benzene rings is 1. The maximum absolute atomic E-state index is 10.6. The number of nitrogens with one attached hydrogen (secondary N) is 1. The summed E-state index contributed by atoms with van der Waals surface area (Å²) in [6.07, 6.45) is 0.561. The molecule has 0 amide bonds. The van der Waals surface area contributed by atoms with E-state index >= 15 is 0 Å². The molecule has 0 aliphatic carbocycles. The van der Waals surface area contributed by atoms with E-state index < -0.39 is 5.97 Å². The number of nitrogens with two attached hydrogens (primary N) is 1. The SMILES string of the molecule is CC(Cc1ccc(CNN)cc1)C(=O)O. The van der Waals surface area contributed by atoms with Crippen molar-refractivity contribution in [2.24, 2.45) is 11.8 Å². The highest BCUT2D eigenvalue weighted by Gasteiger charge is 2.10. The molecule has 0 saturated carbocycles. The summed E-state index contributed by atoms with van der Waals surface area (Å²) in [5.41, 5.74) is 4.69. The van der Waals surface area contributed by atoms with Gasteiger partial charge in [0.25, 0.3) is 0 Å². The highest BCUT2D eigenvalue weighted by Crippen LogP contribution is 2.10. The summed E-state index contributed by atoms with van der Waals surface area (Å²) in [4.78, 5) is 10.6. The highest BCUT2D eigenvalue weighted by molar-refractivity contribution is 5.69. The normalized spacial score (nSPS) is 12.4. The van der Waals surface area contributed by atoms with Crippen LogP contribution in [-0.2, 0) is 17.8 Å². The molecule has 0 aliphatic rings. The van der Waals surface area contributed by atoms with Crippen LogP contribution in [-0.4, -0.2) is 11.1 Å². The summed E-state index contributed by atoms with van der Waals surface area (Å²) in [6, 6.07) is 7.77. The zero-order valence-corrected chi connectivity index (χ0v) is 8.73. The van der Waals surface area contributed by atoms with Gasteiger partial charge in [-0.25, -0.2) is 0 Å². The molecule has 0 radical (unpaired) electrons. The molecule has 82 valence electrons. The van der Waals surface area contributed by atoms with Gasteiger partial charge in [-0.1, -0.05) is 31.2 Å². The summed E-state index contributed by atoms with van der Waals surface area (Å²) >= 11 is 0. The number of carboxylic acids is 1. The third-order valence-corrected chi connectivity index (χ3v) is 2.29. The maximum atomic E-state index is 10.6. The molecule has 1 rings (SSSR count). The van der Waals surface area contributed by atoms with Crippen LogP contribution in [0.4, 0.5) is 0 Å². The lowest BCUT2D eigenvalue weighted by Crippen LogP contribution is -2.20. The molecule has 4 N–H and O–H groups in total. The van der Waals surface area contributed by atoms with Crippen molar-refractivity contribution >= 4 is 5.97 Å². The lowest BCUT2D eigenvalue weighted by Gasteiger charge is -2.07. The molecular formula is C11H16N2O2. The average molecular weight is 208 g/mol. The van der Waals surface area contributed by atoms with Gasteiger partial charge in [0.2, 0.25) is 0 Å². The lowest BCUT2D eigenvalue weighted by molar-refractivity contribution is -0.141. The largest absolute Gasteiger partial charge is 0.481 e. The van der Waals surface area contributed by atoms with Gasteiger partial charge in [0.1, 0.15) is 0 Å². The Morgan fingerprint density at radius 1 is 1.40 bits per heavy atom. The van der Waals surface area contributed by atoms with Crippen LogP contribution in [0.5, 0.6) is 0 Å². The van der Waals surface area contributed by atoms with Gasteiger partial charge in [0.05, 0.1) is 5.92 Å². The van der Waals surface area contributed by atoms with Crippen LogP contribution in [0.1, 0.15) is 18.1 Å². The van der Waals surface area contributed by atoms with E-state index in [-0.39, 0.29) is 5.92 Å². The average Bonchev–Trinajstić information content (AvgIpc) is 2.21. The zero-order valence-electron chi connectivity index (χ0n) is 8.73. The fourth-order valence-corrected chi connectivity index (χ4v) is 1.35. The van der Waals surface area contributed by atoms with Gasteiger partial charge in [-0.3, -0.25) is 16.1 Å². The van der Waals surface area contributed by atoms with E-state index in [9.17, 15) is 4.79 Å².